The van der Waals surface area contributed by atoms with Crippen LogP contribution in [0.15, 0.2) is 60.9 Å². The second kappa shape index (κ2) is 6.08. The fourth-order valence-electron chi connectivity index (χ4n) is 2.82. The highest BCUT2D eigenvalue weighted by Gasteiger charge is 2.21. The van der Waals surface area contributed by atoms with Gasteiger partial charge >= 0.3 is 0 Å². The van der Waals surface area contributed by atoms with E-state index in [-0.39, 0.29) is 11.2 Å². The summed E-state index contributed by atoms with van der Waals surface area (Å²) < 4.78 is 7.43. The molecule has 1 aromatic heterocycles. The van der Waals surface area contributed by atoms with Crippen LogP contribution in [0.3, 0.4) is 0 Å². The summed E-state index contributed by atoms with van der Waals surface area (Å²) in [5, 5.41) is 10.9. The molecule has 0 bridgehead atoms. The van der Waals surface area contributed by atoms with Crippen molar-refractivity contribution in [3.8, 4) is 28.3 Å². The summed E-state index contributed by atoms with van der Waals surface area (Å²) in [6, 6.07) is 15.8. The van der Waals surface area contributed by atoms with Crippen LogP contribution in [0.25, 0.3) is 16.8 Å². The maximum atomic E-state index is 10.9. The Morgan fingerprint density at radius 1 is 0.917 bits per heavy atom. The van der Waals surface area contributed by atoms with E-state index in [9.17, 15) is 5.11 Å². The van der Waals surface area contributed by atoms with Crippen LogP contribution in [0.2, 0.25) is 0 Å². The first-order valence-corrected chi connectivity index (χ1v) is 8.06. The summed E-state index contributed by atoms with van der Waals surface area (Å²) in [6.07, 6.45) is 3.88. The van der Waals surface area contributed by atoms with E-state index in [1.54, 1.807) is 7.11 Å². The van der Waals surface area contributed by atoms with E-state index in [1.807, 2.05) is 59.4 Å². The first-order valence-electron chi connectivity index (χ1n) is 8.06. The molecule has 0 aliphatic heterocycles. The molecule has 1 N–H and O–H groups in total. The summed E-state index contributed by atoms with van der Waals surface area (Å²) in [6.45, 7) is 6.51. The second-order valence-corrected chi connectivity index (χ2v) is 6.93. The number of rotatable bonds is 3. The third kappa shape index (κ3) is 2.90. The molecule has 0 spiro atoms. The van der Waals surface area contributed by atoms with Crippen molar-refractivity contribution in [2.45, 2.75) is 26.2 Å². The first-order chi connectivity index (χ1) is 11.4. The van der Waals surface area contributed by atoms with E-state index in [4.69, 9.17) is 4.74 Å². The number of benzene rings is 2. The molecular weight excluding hydrogens is 298 g/mol. The topological polar surface area (TPSA) is 34.4 Å². The van der Waals surface area contributed by atoms with Gasteiger partial charge in [-0.15, -0.1) is 0 Å². The number of aromatic nitrogens is 1. The number of hydrogen-bond acceptors (Lipinski definition) is 2. The van der Waals surface area contributed by atoms with E-state index in [0.717, 1.165) is 28.1 Å². The Bertz CT molecular complexity index is 843. The van der Waals surface area contributed by atoms with Gasteiger partial charge in [0.2, 0.25) is 0 Å². The SMILES string of the molecule is COc1ccccc1-c1cc(C(C)(C)C)cc(-n2cccc2)c1O. The Hall–Kier alpha value is -2.68. The number of hydrogen-bond donors (Lipinski definition) is 1. The van der Waals surface area contributed by atoms with Crippen LogP contribution in [0.5, 0.6) is 11.5 Å². The normalized spacial score (nSPS) is 11.5. The number of methoxy groups -OCH3 is 1. The Morgan fingerprint density at radius 3 is 2.21 bits per heavy atom. The van der Waals surface area contributed by atoms with Crippen molar-refractivity contribution < 1.29 is 9.84 Å². The Morgan fingerprint density at radius 2 is 1.58 bits per heavy atom. The fraction of sp³-hybridized carbons (Fsp3) is 0.238. The molecular formula is C21H23NO2. The molecule has 0 unspecified atom stereocenters. The molecule has 3 heteroatoms. The van der Waals surface area contributed by atoms with Crippen molar-refractivity contribution in [2.75, 3.05) is 7.11 Å². The van der Waals surface area contributed by atoms with Gasteiger partial charge in [-0.1, -0.05) is 39.0 Å². The minimum atomic E-state index is -0.0353. The zero-order chi connectivity index (χ0) is 17.3. The van der Waals surface area contributed by atoms with Crippen molar-refractivity contribution >= 4 is 0 Å². The van der Waals surface area contributed by atoms with Gasteiger partial charge in [0.1, 0.15) is 11.5 Å². The van der Waals surface area contributed by atoms with Crippen molar-refractivity contribution in [3.05, 3.63) is 66.5 Å². The molecule has 3 aromatic rings. The largest absolute Gasteiger partial charge is 0.505 e. The smallest absolute Gasteiger partial charge is 0.147 e. The monoisotopic (exact) mass is 321 g/mol. The lowest BCUT2D eigenvalue weighted by molar-refractivity contribution is 0.415. The van der Waals surface area contributed by atoms with Crippen molar-refractivity contribution in [3.63, 3.8) is 0 Å². The lowest BCUT2D eigenvalue weighted by atomic mass is 9.84. The summed E-state index contributed by atoms with van der Waals surface area (Å²) >= 11 is 0. The molecule has 3 nitrogen and oxygen atoms in total. The van der Waals surface area contributed by atoms with E-state index in [2.05, 4.69) is 26.8 Å². The van der Waals surface area contributed by atoms with Gasteiger partial charge in [-0.2, -0.15) is 0 Å². The van der Waals surface area contributed by atoms with E-state index >= 15 is 0 Å². The van der Waals surface area contributed by atoms with Gasteiger partial charge in [0, 0.05) is 23.5 Å². The molecule has 0 aliphatic rings. The molecule has 0 saturated heterocycles. The Balaban J connectivity index is 2.31. The second-order valence-electron chi connectivity index (χ2n) is 6.93. The number of para-hydroxylation sites is 1. The highest BCUT2D eigenvalue weighted by molar-refractivity contribution is 5.80. The minimum absolute atomic E-state index is 0.0353. The number of ether oxygens (including phenoxy) is 1. The third-order valence-corrected chi connectivity index (χ3v) is 4.24. The minimum Gasteiger partial charge on any atom is -0.505 e. The van der Waals surface area contributed by atoms with Crippen LogP contribution in [-0.4, -0.2) is 16.8 Å². The number of nitrogens with zero attached hydrogens (tertiary/aromatic N) is 1. The van der Waals surface area contributed by atoms with Gasteiger partial charge < -0.3 is 14.4 Å². The van der Waals surface area contributed by atoms with E-state index in [0.29, 0.717) is 0 Å². The summed E-state index contributed by atoms with van der Waals surface area (Å²) in [7, 11) is 1.65. The quantitative estimate of drug-likeness (QED) is 0.723. The average molecular weight is 321 g/mol. The summed E-state index contributed by atoms with van der Waals surface area (Å²) in [5.74, 6) is 1.00. The number of aromatic hydroxyl groups is 1. The lowest BCUT2D eigenvalue weighted by Crippen LogP contribution is -2.12. The van der Waals surface area contributed by atoms with Crippen molar-refractivity contribution in [1.82, 2.24) is 4.57 Å². The Kier molecular flexibility index (Phi) is 4.10. The maximum Gasteiger partial charge on any atom is 0.147 e. The molecule has 0 aliphatic carbocycles. The summed E-state index contributed by atoms with van der Waals surface area (Å²) in [4.78, 5) is 0. The molecule has 0 atom stereocenters. The van der Waals surface area contributed by atoms with Crippen LogP contribution in [0.4, 0.5) is 0 Å². The first kappa shape index (κ1) is 16.2. The highest BCUT2D eigenvalue weighted by atomic mass is 16.5. The molecule has 1 heterocycles. The van der Waals surface area contributed by atoms with Gasteiger partial charge in [-0.25, -0.2) is 0 Å². The zero-order valence-electron chi connectivity index (χ0n) is 14.6. The molecule has 2 aromatic carbocycles. The zero-order valence-corrected chi connectivity index (χ0v) is 14.6. The summed E-state index contributed by atoms with van der Waals surface area (Å²) in [5.41, 5.74) is 3.56. The van der Waals surface area contributed by atoms with E-state index < -0.39 is 0 Å². The molecule has 0 fully saturated rings. The molecule has 0 amide bonds. The van der Waals surface area contributed by atoms with Gasteiger partial charge in [-0.3, -0.25) is 0 Å². The maximum absolute atomic E-state index is 10.9. The van der Waals surface area contributed by atoms with Gasteiger partial charge in [0.25, 0.3) is 0 Å². The van der Waals surface area contributed by atoms with Crippen LogP contribution in [0, 0.1) is 0 Å². The van der Waals surface area contributed by atoms with Gasteiger partial charge in [0.15, 0.2) is 0 Å². The fourth-order valence-corrected chi connectivity index (χ4v) is 2.82. The van der Waals surface area contributed by atoms with Crippen LogP contribution in [0.1, 0.15) is 26.3 Å². The molecule has 3 rings (SSSR count). The number of phenolic OH excluding ortho intramolecular Hbond substituents is 1. The van der Waals surface area contributed by atoms with Gasteiger partial charge in [0.05, 0.1) is 12.8 Å². The van der Waals surface area contributed by atoms with Crippen LogP contribution in [-0.2, 0) is 5.41 Å². The van der Waals surface area contributed by atoms with E-state index in [1.165, 1.54) is 0 Å². The predicted molar refractivity (Wildman–Crippen MR) is 98.1 cm³/mol. The molecule has 0 saturated carbocycles. The predicted octanol–water partition coefficient (Wildman–Crippen LogP) is 5.16. The molecule has 124 valence electrons. The Labute approximate surface area is 143 Å². The molecule has 0 radical (unpaired) electrons. The van der Waals surface area contributed by atoms with Crippen LogP contribution < -0.4 is 4.74 Å². The third-order valence-electron chi connectivity index (χ3n) is 4.24. The number of phenols is 1. The molecule has 24 heavy (non-hydrogen) atoms. The lowest BCUT2D eigenvalue weighted by Gasteiger charge is -2.23. The average Bonchev–Trinajstić information content (AvgIpc) is 3.08. The standard InChI is InChI=1S/C21H23NO2/c1-21(2,3)15-13-17(16-9-5-6-10-19(16)24-4)20(23)18(14-15)22-11-7-8-12-22/h5-14,23H,1-4H3. The van der Waals surface area contributed by atoms with Gasteiger partial charge in [-0.05, 0) is 41.3 Å². The van der Waals surface area contributed by atoms with Crippen molar-refractivity contribution in [2.24, 2.45) is 0 Å². The van der Waals surface area contributed by atoms with Crippen LogP contribution >= 0.6 is 0 Å². The highest BCUT2D eigenvalue weighted by Crippen LogP contribution is 2.42. The van der Waals surface area contributed by atoms with Crippen molar-refractivity contribution in [1.29, 1.82) is 0 Å².